The maximum absolute atomic E-state index is 13.7. The van der Waals surface area contributed by atoms with E-state index in [4.69, 9.17) is 0 Å². The first kappa shape index (κ1) is 20.4. The van der Waals surface area contributed by atoms with Crippen molar-refractivity contribution in [3.63, 3.8) is 0 Å². The van der Waals surface area contributed by atoms with Gasteiger partial charge in [-0.1, -0.05) is 54.6 Å². The molecule has 2 saturated carbocycles. The number of allylic oxidation sites excluding steroid dienone is 2. The lowest BCUT2D eigenvalue weighted by Crippen LogP contribution is -2.49. The Balaban J connectivity index is 1.34. The van der Waals surface area contributed by atoms with Gasteiger partial charge in [-0.3, -0.25) is 19.3 Å². The Morgan fingerprint density at radius 1 is 0.939 bits per heavy atom. The molecule has 5 heteroatoms. The van der Waals surface area contributed by atoms with E-state index in [9.17, 15) is 14.4 Å². The van der Waals surface area contributed by atoms with Crippen LogP contribution in [-0.4, -0.2) is 28.7 Å². The molecule has 0 unspecified atom stereocenters. The van der Waals surface area contributed by atoms with E-state index in [-0.39, 0.29) is 41.4 Å². The number of aryl methyl sites for hydroxylation is 1. The Hall–Kier alpha value is -3.21. The van der Waals surface area contributed by atoms with Gasteiger partial charge in [0.15, 0.2) is 0 Å². The molecule has 7 rings (SSSR count). The molecule has 2 aromatic carbocycles. The fourth-order valence-corrected chi connectivity index (χ4v) is 6.53. The molecular formula is C28H28N2O3. The largest absolute Gasteiger partial charge is 0.324 e. The highest BCUT2D eigenvalue weighted by Crippen LogP contribution is 2.65. The lowest BCUT2D eigenvalue weighted by Gasteiger charge is -2.37. The lowest BCUT2D eigenvalue weighted by molar-refractivity contribution is -0.146. The van der Waals surface area contributed by atoms with Crippen LogP contribution in [0.2, 0.25) is 0 Å². The van der Waals surface area contributed by atoms with Crippen LogP contribution < -0.4 is 5.32 Å². The van der Waals surface area contributed by atoms with Crippen LogP contribution in [0.5, 0.6) is 0 Å². The van der Waals surface area contributed by atoms with E-state index in [0.29, 0.717) is 18.3 Å². The Kier molecular flexibility index (Phi) is 4.58. The van der Waals surface area contributed by atoms with E-state index in [2.05, 4.69) is 17.5 Å². The SMILES string of the molecule is Cc1cccc(NC(=O)[C@H](Cc2ccccc2)N2C(=O)[C@@H]3[C@H]4C=C[C@@H]([C@@H]5C[C@@H]45)[C@H]3C2=O)c1C. The third kappa shape index (κ3) is 3.09. The number of nitrogens with zero attached hydrogens (tertiary/aromatic N) is 1. The summed E-state index contributed by atoms with van der Waals surface area (Å²) in [6.07, 6.45) is 5.76. The molecule has 1 heterocycles. The zero-order chi connectivity index (χ0) is 22.9. The normalized spacial score (nSPS) is 31.9. The fraction of sp³-hybridized carbons (Fsp3) is 0.393. The summed E-state index contributed by atoms with van der Waals surface area (Å²) in [5.41, 5.74) is 3.71. The first-order valence-corrected chi connectivity index (χ1v) is 11.9. The number of anilines is 1. The summed E-state index contributed by atoms with van der Waals surface area (Å²) < 4.78 is 0. The van der Waals surface area contributed by atoms with Gasteiger partial charge in [0.1, 0.15) is 6.04 Å². The van der Waals surface area contributed by atoms with Crippen LogP contribution in [0.15, 0.2) is 60.7 Å². The van der Waals surface area contributed by atoms with Gasteiger partial charge in [0.2, 0.25) is 17.7 Å². The number of imide groups is 1. The van der Waals surface area contributed by atoms with E-state index in [1.54, 1.807) is 0 Å². The summed E-state index contributed by atoms with van der Waals surface area (Å²) in [6, 6.07) is 14.5. The molecule has 3 fully saturated rings. The van der Waals surface area contributed by atoms with E-state index >= 15 is 0 Å². The zero-order valence-electron chi connectivity index (χ0n) is 18.9. The summed E-state index contributed by atoms with van der Waals surface area (Å²) in [5, 5.41) is 3.03. The minimum Gasteiger partial charge on any atom is -0.324 e. The maximum Gasteiger partial charge on any atom is 0.248 e. The number of carbonyl (C=O) groups excluding carboxylic acids is 3. The number of hydrogen-bond donors (Lipinski definition) is 1. The third-order valence-electron chi connectivity index (χ3n) is 8.45. The average molecular weight is 441 g/mol. The molecule has 1 aliphatic heterocycles. The van der Waals surface area contributed by atoms with Crippen molar-refractivity contribution in [1.82, 2.24) is 4.90 Å². The Bertz CT molecular complexity index is 1150. The van der Waals surface area contributed by atoms with Crippen molar-refractivity contribution < 1.29 is 14.4 Å². The quantitative estimate of drug-likeness (QED) is 0.566. The van der Waals surface area contributed by atoms with Crippen molar-refractivity contribution in [2.24, 2.45) is 35.5 Å². The molecule has 0 radical (unpaired) electrons. The van der Waals surface area contributed by atoms with Gasteiger partial charge < -0.3 is 5.32 Å². The van der Waals surface area contributed by atoms with Gasteiger partial charge in [-0.15, -0.1) is 0 Å². The molecule has 1 N–H and O–H groups in total. The second kappa shape index (κ2) is 7.41. The van der Waals surface area contributed by atoms with Gasteiger partial charge in [-0.25, -0.2) is 0 Å². The molecule has 5 aliphatic rings. The topological polar surface area (TPSA) is 66.5 Å². The van der Waals surface area contributed by atoms with Gasteiger partial charge in [-0.05, 0) is 66.7 Å². The standard InChI is InChI=1S/C28H28N2O3/c1-15-7-6-10-22(16(15)2)29-26(31)23(13-17-8-4-3-5-9-17)30-27(32)24-18-11-12-19(21-14-20(18)21)25(24)28(30)33/h3-12,18-21,23-25H,13-14H2,1-2H3,(H,29,31)/t18-,19-,20-,21-,23-,24+,25+/m0/s1. The van der Waals surface area contributed by atoms with Crippen LogP contribution in [0.4, 0.5) is 5.69 Å². The van der Waals surface area contributed by atoms with Crippen molar-refractivity contribution in [2.75, 3.05) is 5.32 Å². The molecule has 7 atom stereocenters. The highest BCUT2D eigenvalue weighted by Gasteiger charge is 2.67. The first-order valence-electron chi connectivity index (χ1n) is 11.9. The van der Waals surface area contributed by atoms with Gasteiger partial charge >= 0.3 is 0 Å². The zero-order valence-corrected chi connectivity index (χ0v) is 18.9. The second-order valence-electron chi connectivity index (χ2n) is 10.1. The molecular weight excluding hydrogens is 412 g/mol. The van der Waals surface area contributed by atoms with Crippen LogP contribution in [0.25, 0.3) is 0 Å². The van der Waals surface area contributed by atoms with Gasteiger partial charge in [0.05, 0.1) is 11.8 Å². The number of likely N-dealkylation sites (tertiary alicyclic amines) is 1. The van der Waals surface area contributed by atoms with E-state index in [1.165, 1.54) is 4.90 Å². The van der Waals surface area contributed by atoms with Crippen LogP contribution in [0, 0.1) is 49.4 Å². The molecule has 2 bridgehead atoms. The van der Waals surface area contributed by atoms with Crippen molar-refractivity contribution in [1.29, 1.82) is 0 Å². The van der Waals surface area contributed by atoms with E-state index in [0.717, 1.165) is 28.8 Å². The van der Waals surface area contributed by atoms with Gasteiger partial charge in [0.25, 0.3) is 0 Å². The first-order chi connectivity index (χ1) is 16.0. The highest BCUT2D eigenvalue weighted by atomic mass is 16.2. The summed E-state index contributed by atoms with van der Waals surface area (Å²) in [6.45, 7) is 3.96. The molecule has 0 aromatic heterocycles. The van der Waals surface area contributed by atoms with E-state index in [1.807, 2.05) is 62.4 Å². The van der Waals surface area contributed by atoms with Crippen LogP contribution in [0.1, 0.15) is 23.1 Å². The summed E-state index contributed by atoms with van der Waals surface area (Å²) >= 11 is 0. The molecule has 3 amide bonds. The molecule has 33 heavy (non-hydrogen) atoms. The Labute approximate surface area is 193 Å². The summed E-state index contributed by atoms with van der Waals surface area (Å²) in [5.74, 6) is 0.128. The van der Waals surface area contributed by atoms with Crippen LogP contribution in [-0.2, 0) is 20.8 Å². The van der Waals surface area contributed by atoms with E-state index < -0.39 is 6.04 Å². The highest BCUT2D eigenvalue weighted by molar-refractivity contribution is 6.11. The predicted molar refractivity (Wildman–Crippen MR) is 125 cm³/mol. The molecule has 2 aromatic rings. The van der Waals surface area contributed by atoms with Crippen molar-refractivity contribution in [3.05, 3.63) is 77.4 Å². The molecule has 0 spiro atoms. The second-order valence-corrected chi connectivity index (χ2v) is 10.1. The van der Waals surface area contributed by atoms with Gasteiger partial charge in [-0.2, -0.15) is 0 Å². The number of nitrogens with one attached hydrogen (secondary N) is 1. The van der Waals surface area contributed by atoms with Crippen molar-refractivity contribution in [2.45, 2.75) is 32.7 Å². The molecule has 5 nitrogen and oxygen atoms in total. The lowest BCUT2D eigenvalue weighted by atomic mass is 9.63. The van der Waals surface area contributed by atoms with Crippen LogP contribution >= 0.6 is 0 Å². The number of carbonyl (C=O) groups is 3. The summed E-state index contributed by atoms with van der Waals surface area (Å²) in [4.78, 5) is 42.4. The molecule has 1 saturated heterocycles. The van der Waals surface area contributed by atoms with Gasteiger partial charge in [0, 0.05) is 12.1 Å². The average Bonchev–Trinajstić information content (AvgIpc) is 3.60. The monoisotopic (exact) mass is 440 g/mol. The number of benzene rings is 2. The third-order valence-corrected chi connectivity index (χ3v) is 8.45. The van der Waals surface area contributed by atoms with Crippen molar-refractivity contribution in [3.8, 4) is 0 Å². The van der Waals surface area contributed by atoms with Crippen LogP contribution in [0.3, 0.4) is 0 Å². The molecule has 168 valence electrons. The van der Waals surface area contributed by atoms with Crippen molar-refractivity contribution >= 4 is 23.4 Å². The maximum atomic E-state index is 13.7. The predicted octanol–water partition coefficient (Wildman–Crippen LogP) is 3.91. The number of amides is 3. The minimum atomic E-state index is -0.867. The smallest absolute Gasteiger partial charge is 0.248 e. The Morgan fingerprint density at radius 3 is 2.21 bits per heavy atom. The molecule has 4 aliphatic carbocycles. The Morgan fingerprint density at radius 2 is 1.58 bits per heavy atom. The summed E-state index contributed by atoms with van der Waals surface area (Å²) in [7, 11) is 0. The minimum absolute atomic E-state index is 0.144. The number of hydrogen-bond acceptors (Lipinski definition) is 3. The fourth-order valence-electron chi connectivity index (χ4n) is 6.53. The number of rotatable bonds is 5.